The van der Waals surface area contributed by atoms with Gasteiger partial charge in [0.05, 0.1) is 17.6 Å². The highest BCUT2D eigenvalue weighted by molar-refractivity contribution is 5.66. The summed E-state index contributed by atoms with van der Waals surface area (Å²) < 4.78 is 0.739. The lowest BCUT2D eigenvalue weighted by molar-refractivity contribution is 0.171. The minimum absolute atomic E-state index is 0.0600. The molecule has 0 atom stereocenters. The Morgan fingerprint density at radius 2 is 1.93 bits per heavy atom. The molecular formula is C10H16N4O. The first-order valence-electron chi connectivity index (χ1n) is 5.19. The molecular weight excluding hydrogens is 192 g/mol. The van der Waals surface area contributed by atoms with Gasteiger partial charge in [0.25, 0.3) is 0 Å². The average Bonchev–Trinajstić information content (AvgIpc) is 2.25. The van der Waals surface area contributed by atoms with E-state index in [9.17, 15) is 5.21 Å². The van der Waals surface area contributed by atoms with Gasteiger partial charge in [0.1, 0.15) is 0 Å². The highest BCUT2D eigenvalue weighted by Crippen LogP contribution is 2.23. The second kappa shape index (κ2) is 3.84. The first-order valence-corrected chi connectivity index (χ1v) is 5.19. The van der Waals surface area contributed by atoms with Gasteiger partial charge in [-0.25, -0.2) is 0 Å². The summed E-state index contributed by atoms with van der Waals surface area (Å²) in [5.41, 5.74) is 7.26. The Bertz CT molecular complexity index is 406. The third kappa shape index (κ3) is 1.91. The minimum atomic E-state index is 0.0600. The highest BCUT2D eigenvalue weighted by atomic mass is 16.5. The summed E-state index contributed by atoms with van der Waals surface area (Å²) in [7, 11) is 0. The zero-order valence-electron chi connectivity index (χ0n) is 8.61. The SMILES string of the molecule is N=c1cc(N2CCCCC2)c(N)cn1O. The number of hydrogen-bond acceptors (Lipinski definition) is 4. The normalized spacial score (nSPS) is 16.7. The van der Waals surface area contributed by atoms with Crippen molar-refractivity contribution in [3.63, 3.8) is 0 Å². The molecule has 0 aromatic carbocycles. The van der Waals surface area contributed by atoms with Crippen LogP contribution in [0.3, 0.4) is 0 Å². The number of anilines is 2. The van der Waals surface area contributed by atoms with Crippen LogP contribution in [0, 0.1) is 5.41 Å². The van der Waals surface area contributed by atoms with E-state index in [2.05, 4.69) is 4.90 Å². The maximum absolute atomic E-state index is 9.25. The van der Waals surface area contributed by atoms with E-state index in [0.29, 0.717) is 5.69 Å². The Kier molecular flexibility index (Phi) is 2.53. The van der Waals surface area contributed by atoms with Crippen molar-refractivity contribution in [2.45, 2.75) is 19.3 Å². The third-order valence-corrected chi connectivity index (χ3v) is 2.77. The van der Waals surface area contributed by atoms with E-state index in [1.165, 1.54) is 25.5 Å². The first kappa shape index (κ1) is 9.89. The molecule has 1 aromatic rings. The van der Waals surface area contributed by atoms with E-state index in [4.69, 9.17) is 11.1 Å². The van der Waals surface area contributed by atoms with Gasteiger partial charge in [-0.2, -0.15) is 4.73 Å². The number of nitrogens with one attached hydrogen (secondary N) is 1. The lowest BCUT2D eigenvalue weighted by Crippen LogP contribution is -2.32. The highest BCUT2D eigenvalue weighted by Gasteiger charge is 2.14. The molecule has 1 saturated heterocycles. The number of rotatable bonds is 1. The Balaban J connectivity index is 2.34. The molecule has 1 aromatic heterocycles. The van der Waals surface area contributed by atoms with Gasteiger partial charge in [0, 0.05) is 19.2 Å². The van der Waals surface area contributed by atoms with Gasteiger partial charge in [-0.05, 0) is 19.3 Å². The average molecular weight is 208 g/mol. The molecule has 2 heterocycles. The molecule has 0 aliphatic carbocycles. The lowest BCUT2D eigenvalue weighted by Gasteiger charge is -2.29. The van der Waals surface area contributed by atoms with Crippen LogP contribution >= 0.6 is 0 Å². The molecule has 4 N–H and O–H groups in total. The fraction of sp³-hybridized carbons (Fsp3) is 0.500. The van der Waals surface area contributed by atoms with Gasteiger partial charge in [-0.3, -0.25) is 5.41 Å². The van der Waals surface area contributed by atoms with E-state index >= 15 is 0 Å². The van der Waals surface area contributed by atoms with Crippen LogP contribution in [-0.4, -0.2) is 23.0 Å². The number of piperidine rings is 1. The molecule has 0 spiro atoms. The smallest absolute Gasteiger partial charge is 0.162 e. The lowest BCUT2D eigenvalue weighted by atomic mass is 10.1. The summed E-state index contributed by atoms with van der Waals surface area (Å²) >= 11 is 0. The molecule has 1 aliphatic heterocycles. The number of nitrogens with two attached hydrogens (primary N) is 1. The van der Waals surface area contributed by atoms with Crippen molar-refractivity contribution < 1.29 is 5.21 Å². The van der Waals surface area contributed by atoms with Crippen LogP contribution in [0.25, 0.3) is 0 Å². The van der Waals surface area contributed by atoms with Gasteiger partial charge in [0.2, 0.25) is 0 Å². The predicted molar refractivity (Wildman–Crippen MR) is 57.9 cm³/mol. The van der Waals surface area contributed by atoms with Crippen molar-refractivity contribution in [1.29, 1.82) is 5.41 Å². The Morgan fingerprint density at radius 1 is 1.27 bits per heavy atom. The molecule has 0 unspecified atom stereocenters. The number of nitrogens with zero attached hydrogens (tertiary/aromatic N) is 2. The molecule has 0 bridgehead atoms. The monoisotopic (exact) mass is 208 g/mol. The summed E-state index contributed by atoms with van der Waals surface area (Å²) in [5, 5.41) is 16.8. The molecule has 82 valence electrons. The summed E-state index contributed by atoms with van der Waals surface area (Å²) in [6, 6.07) is 1.61. The summed E-state index contributed by atoms with van der Waals surface area (Å²) in [5.74, 6) is 0. The van der Waals surface area contributed by atoms with E-state index in [1.54, 1.807) is 6.07 Å². The third-order valence-electron chi connectivity index (χ3n) is 2.77. The van der Waals surface area contributed by atoms with Crippen molar-refractivity contribution in [2.24, 2.45) is 0 Å². The van der Waals surface area contributed by atoms with Crippen LogP contribution in [0.2, 0.25) is 0 Å². The molecule has 1 aliphatic rings. The van der Waals surface area contributed by atoms with Crippen molar-refractivity contribution >= 4 is 11.4 Å². The number of aromatic nitrogens is 1. The number of nitrogen functional groups attached to an aromatic ring is 1. The number of pyridine rings is 1. The van der Waals surface area contributed by atoms with Gasteiger partial charge >= 0.3 is 0 Å². The van der Waals surface area contributed by atoms with E-state index in [0.717, 1.165) is 23.5 Å². The van der Waals surface area contributed by atoms with Crippen molar-refractivity contribution in [3.05, 3.63) is 17.8 Å². The fourth-order valence-electron chi connectivity index (χ4n) is 1.96. The van der Waals surface area contributed by atoms with Crippen LogP contribution in [0.5, 0.6) is 0 Å². The van der Waals surface area contributed by atoms with E-state index in [1.807, 2.05) is 0 Å². The zero-order valence-corrected chi connectivity index (χ0v) is 8.61. The Hall–Kier alpha value is -1.65. The first-order chi connectivity index (χ1) is 7.18. The molecule has 15 heavy (non-hydrogen) atoms. The summed E-state index contributed by atoms with van der Waals surface area (Å²) in [4.78, 5) is 2.18. The van der Waals surface area contributed by atoms with E-state index < -0.39 is 0 Å². The Morgan fingerprint density at radius 3 is 2.60 bits per heavy atom. The Labute approximate surface area is 88.2 Å². The predicted octanol–water partition coefficient (Wildman–Crippen LogP) is 0.777. The molecule has 0 amide bonds. The van der Waals surface area contributed by atoms with Crippen molar-refractivity contribution in [2.75, 3.05) is 23.7 Å². The standard InChI is InChI=1S/C10H16N4O/c11-8-7-14(15)10(12)6-9(8)13-4-2-1-3-5-13/h6-7,12,15H,1-5,11H2. The van der Waals surface area contributed by atoms with Gasteiger partial charge in [-0.1, -0.05) is 0 Å². The second-order valence-corrected chi connectivity index (χ2v) is 3.89. The van der Waals surface area contributed by atoms with Crippen molar-refractivity contribution in [3.8, 4) is 0 Å². The van der Waals surface area contributed by atoms with Crippen LogP contribution in [0.15, 0.2) is 12.3 Å². The van der Waals surface area contributed by atoms with Crippen LogP contribution in [0.4, 0.5) is 11.4 Å². The van der Waals surface area contributed by atoms with Crippen LogP contribution in [-0.2, 0) is 0 Å². The summed E-state index contributed by atoms with van der Waals surface area (Å²) in [6.07, 6.45) is 4.98. The quantitative estimate of drug-likeness (QED) is 0.597. The fourth-order valence-corrected chi connectivity index (χ4v) is 1.96. The van der Waals surface area contributed by atoms with E-state index in [-0.39, 0.29) is 5.49 Å². The molecule has 1 fully saturated rings. The molecule has 2 rings (SSSR count). The van der Waals surface area contributed by atoms with Crippen LogP contribution in [0.1, 0.15) is 19.3 Å². The van der Waals surface area contributed by atoms with Gasteiger partial charge in [-0.15, -0.1) is 0 Å². The topological polar surface area (TPSA) is 78.3 Å². The minimum Gasteiger partial charge on any atom is -0.427 e. The zero-order chi connectivity index (χ0) is 10.8. The number of hydrogen-bond donors (Lipinski definition) is 3. The summed E-state index contributed by atoms with van der Waals surface area (Å²) in [6.45, 7) is 1.97. The molecule has 0 radical (unpaired) electrons. The second-order valence-electron chi connectivity index (χ2n) is 3.89. The van der Waals surface area contributed by atoms with Crippen LogP contribution < -0.4 is 16.1 Å². The van der Waals surface area contributed by atoms with Gasteiger partial charge in [0.15, 0.2) is 5.49 Å². The molecule has 5 heteroatoms. The molecule has 5 nitrogen and oxygen atoms in total. The molecule has 0 saturated carbocycles. The maximum Gasteiger partial charge on any atom is 0.162 e. The van der Waals surface area contributed by atoms with Crippen molar-refractivity contribution in [1.82, 2.24) is 4.73 Å². The maximum atomic E-state index is 9.25. The van der Waals surface area contributed by atoms with Gasteiger partial charge < -0.3 is 15.8 Å². The largest absolute Gasteiger partial charge is 0.427 e.